The second-order valence-corrected chi connectivity index (χ2v) is 6.72. The van der Waals surface area contributed by atoms with Crippen LogP contribution >= 0.6 is 22.9 Å². The van der Waals surface area contributed by atoms with Gasteiger partial charge in [0.15, 0.2) is 5.96 Å². The number of halogens is 1. The third-order valence-electron chi connectivity index (χ3n) is 3.35. The first kappa shape index (κ1) is 19.3. The number of nitrogens with zero attached hydrogens (tertiary/aromatic N) is 1. The molecule has 2 rings (SSSR count). The second-order valence-electron chi connectivity index (χ2n) is 5.34. The number of hydrogen-bond acceptors (Lipinski definition) is 3. The van der Waals surface area contributed by atoms with E-state index in [4.69, 9.17) is 11.6 Å². The molecule has 5 nitrogen and oxygen atoms in total. The fraction of sp³-hybridized carbons (Fsp3) is 0.333. The molecule has 1 aromatic carbocycles. The monoisotopic (exact) mass is 378 g/mol. The summed E-state index contributed by atoms with van der Waals surface area (Å²) in [5, 5.41) is 12.0. The minimum atomic E-state index is -0.0155. The molecular formula is C18H23ClN4OS. The largest absolute Gasteiger partial charge is 0.357 e. The predicted octanol–water partition coefficient (Wildman–Crippen LogP) is 3.28. The number of benzene rings is 1. The molecule has 134 valence electrons. The molecule has 1 aromatic heterocycles. The predicted molar refractivity (Wildman–Crippen MR) is 106 cm³/mol. The summed E-state index contributed by atoms with van der Waals surface area (Å²) in [6, 6.07) is 11.4. The second kappa shape index (κ2) is 10.7. The zero-order chi connectivity index (χ0) is 17.9. The summed E-state index contributed by atoms with van der Waals surface area (Å²) in [6.45, 7) is 4.77. The van der Waals surface area contributed by atoms with Crippen molar-refractivity contribution >= 4 is 34.8 Å². The zero-order valence-corrected chi connectivity index (χ0v) is 15.8. The van der Waals surface area contributed by atoms with Crippen LogP contribution in [0.4, 0.5) is 0 Å². The van der Waals surface area contributed by atoms with E-state index in [-0.39, 0.29) is 5.91 Å². The van der Waals surface area contributed by atoms with Crippen LogP contribution in [0.1, 0.15) is 28.6 Å². The lowest BCUT2D eigenvalue weighted by Crippen LogP contribution is -2.38. The fourth-order valence-electron chi connectivity index (χ4n) is 2.09. The van der Waals surface area contributed by atoms with Crippen molar-refractivity contribution in [3.63, 3.8) is 0 Å². The quantitative estimate of drug-likeness (QED) is 0.375. The summed E-state index contributed by atoms with van der Waals surface area (Å²) in [6.07, 6.45) is 0.822. The van der Waals surface area contributed by atoms with Gasteiger partial charge in [-0.25, -0.2) is 4.99 Å². The van der Waals surface area contributed by atoms with Gasteiger partial charge in [-0.05, 0) is 42.5 Å². The molecule has 0 bridgehead atoms. The van der Waals surface area contributed by atoms with E-state index in [1.165, 1.54) is 11.3 Å². The number of amides is 1. The molecule has 1 heterocycles. The number of nitrogens with one attached hydrogen (secondary N) is 3. The van der Waals surface area contributed by atoms with Gasteiger partial charge >= 0.3 is 0 Å². The van der Waals surface area contributed by atoms with Crippen molar-refractivity contribution < 1.29 is 4.79 Å². The number of thiophene rings is 1. The van der Waals surface area contributed by atoms with E-state index < -0.39 is 0 Å². The Morgan fingerprint density at radius 2 is 1.88 bits per heavy atom. The van der Waals surface area contributed by atoms with Gasteiger partial charge in [0.05, 0.1) is 11.4 Å². The molecule has 0 aliphatic carbocycles. The Hall–Kier alpha value is -2.05. The lowest BCUT2D eigenvalue weighted by Gasteiger charge is -2.11. The summed E-state index contributed by atoms with van der Waals surface area (Å²) in [5.41, 5.74) is 1.10. The Kier molecular flexibility index (Phi) is 8.28. The third-order valence-corrected chi connectivity index (χ3v) is 4.47. The summed E-state index contributed by atoms with van der Waals surface area (Å²) in [7, 11) is 0. The van der Waals surface area contributed by atoms with Crippen LogP contribution in [-0.2, 0) is 6.54 Å². The topological polar surface area (TPSA) is 65.5 Å². The molecule has 0 radical (unpaired) electrons. The lowest BCUT2D eigenvalue weighted by atomic mass is 10.2. The molecule has 0 saturated carbocycles. The van der Waals surface area contributed by atoms with Crippen LogP contribution in [0, 0.1) is 0 Å². The highest BCUT2D eigenvalue weighted by Gasteiger charge is 2.04. The van der Waals surface area contributed by atoms with E-state index >= 15 is 0 Å². The van der Waals surface area contributed by atoms with Gasteiger partial charge in [0.2, 0.25) is 0 Å². The zero-order valence-electron chi connectivity index (χ0n) is 14.2. The number of hydrogen-bond donors (Lipinski definition) is 3. The summed E-state index contributed by atoms with van der Waals surface area (Å²) >= 11 is 7.33. The fourth-order valence-corrected chi connectivity index (χ4v) is 2.86. The summed E-state index contributed by atoms with van der Waals surface area (Å²) in [4.78, 5) is 17.1. The maximum absolute atomic E-state index is 11.8. The molecule has 3 N–H and O–H groups in total. The molecule has 25 heavy (non-hydrogen) atoms. The number of carbonyl (C=O) groups excluding carboxylic acids is 1. The summed E-state index contributed by atoms with van der Waals surface area (Å²) in [5.74, 6) is 0.750. The molecule has 0 spiro atoms. The maximum Gasteiger partial charge on any atom is 0.261 e. The molecule has 0 unspecified atom stereocenters. The van der Waals surface area contributed by atoms with Crippen molar-refractivity contribution in [3.05, 3.63) is 57.2 Å². The van der Waals surface area contributed by atoms with Crippen LogP contribution in [0.15, 0.2) is 46.8 Å². The summed E-state index contributed by atoms with van der Waals surface area (Å²) < 4.78 is 0. The molecular weight excluding hydrogens is 356 g/mol. The molecule has 1 amide bonds. The Bertz CT molecular complexity index is 671. The van der Waals surface area contributed by atoms with Crippen LogP contribution in [0.5, 0.6) is 0 Å². The van der Waals surface area contributed by atoms with Gasteiger partial charge in [-0.3, -0.25) is 4.79 Å². The van der Waals surface area contributed by atoms with Crippen molar-refractivity contribution in [1.82, 2.24) is 16.0 Å². The molecule has 0 aliphatic rings. The number of guanidine groups is 1. The number of aliphatic imine (C=N–C) groups is 1. The third kappa shape index (κ3) is 7.15. The standard InChI is InChI=1S/C18H23ClN4OS/c1-2-20-18(23-13-14-6-8-15(19)9-7-14)22-11-4-10-21-17(24)16-5-3-12-25-16/h3,5-9,12H,2,4,10-11,13H2,1H3,(H,21,24)(H2,20,22,23). The Morgan fingerprint density at radius 1 is 1.12 bits per heavy atom. The maximum atomic E-state index is 11.8. The van der Waals surface area contributed by atoms with E-state index in [0.29, 0.717) is 13.1 Å². The first-order valence-corrected chi connectivity index (χ1v) is 9.53. The number of rotatable bonds is 8. The van der Waals surface area contributed by atoms with E-state index in [9.17, 15) is 4.79 Å². The van der Waals surface area contributed by atoms with Gasteiger partial charge in [-0.2, -0.15) is 0 Å². The molecule has 2 aromatic rings. The Labute approximate surface area is 157 Å². The molecule has 0 atom stereocenters. The van der Waals surface area contributed by atoms with Crippen molar-refractivity contribution in [2.75, 3.05) is 19.6 Å². The Balaban J connectivity index is 1.70. The lowest BCUT2D eigenvalue weighted by molar-refractivity contribution is 0.0957. The first-order valence-electron chi connectivity index (χ1n) is 8.27. The number of carbonyl (C=O) groups is 1. The highest BCUT2D eigenvalue weighted by Crippen LogP contribution is 2.10. The molecule has 7 heteroatoms. The molecule has 0 aliphatic heterocycles. The van der Waals surface area contributed by atoms with Gasteiger partial charge in [-0.1, -0.05) is 29.8 Å². The van der Waals surface area contributed by atoms with Crippen LogP contribution < -0.4 is 16.0 Å². The van der Waals surface area contributed by atoms with E-state index in [1.54, 1.807) is 0 Å². The SMILES string of the molecule is CCNC(=NCc1ccc(Cl)cc1)NCCCNC(=O)c1cccs1. The van der Waals surface area contributed by atoms with Gasteiger partial charge in [0.1, 0.15) is 0 Å². The van der Waals surface area contributed by atoms with Crippen LogP contribution in [0.2, 0.25) is 5.02 Å². The average Bonchev–Trinajstić information content (AvgIpc) is 3.15. The highest BCUT2D eigenvalue weighted by atomic mass is 35.5. The van der Waals surface area contributed by atoms with E-state index in [0.717, 1.165) is 40.9 Å². The van der Waals surface area contributed by atoms with Gasteiger partial charge in [0.25, 0.3) is 5.91 Å². The van der Waals surface area contributed by atoms with Crippen molar-refractivity contribution in [2.24, 2.45) is 4.99 Å². The molecule has 0 fully saturated rings. The Morgan fingerprint density at radius 3 is 2.56 bits per heavy atom. The average molecular weight is 379 g/mol. The van der Waals surface area contributed by atoms with Crippen LogP contribution in [0.25, 0.3) is 0 Å². The first-order chi connectivity index (χ1) is 12.2. The van der Waals surface area contributed by atoms with Gasteiger partial charge in [-0.15, -0.1) is 11.3 Å². The normalized spacial score (nSPS) is 11.2. The van der Waals surface area contributed by atoms with Gasteiger partial charge < -0.3 is 16.0 Å². The van der Waals surface area contributed by atoms with Crippen LogP contribution in [0.3, 0.4) is 0 Å². The van der Waals surface area contributed by atoms with Gasteiger partial charge in [0, 0.05) is 24.7 Å². The van der Waals surface area contributed by atoms with Crippen molar-refractivity contribution in [1.29, 1.82) is 0 Å². The van der Waals surface area contributed by atoms with Crippen LogP contribution in [-0.4, -0.2) is 31.5 Å². The highest BCUT2D eigenvalue weighted by molar-refractivity contribution is 7.12. The minimum Gasteiger partial charge on any atom is -0.357 e. The van der Waals surface area contributed by atoms with Crippen molar-refractivity contribution in [2.45, 2.75) is 19.9 Å². The molecule has 0 saturated heterocycles. The van der Waals surface area contributed by atoms with Crippen molar-refractivity contribution in [3.8, 4) is 0 Å². The van der Waals surface area contributed by atoms with E-state index in [2.05, 4.69) is 20.9 Å². The minimum absolute atomic E-state index is 0.0155. The van der Waals surface area contributed by atoms with E-state index in [1.807, 2.05) is 48.7 Å². The smallest absolute Gasteiger partial charge is 0.261 e.